The highest BCUT2D eigenvalue weighted by atomic mass is 16.4. The monoisotopic (exact) mass is 253 g/mol. The molecule has 1 fully saturated rings. The molecule has 1 rings (SSSR count). The van der Waals surface area contributed by atoms with Gasteiger partial charge in [0.2, 0.25) is 0 Å². The zero-order valence-electron chi connectivity index (χ0n) is 10.8. The fourth-order valence-electron chi connectivity index (χ4n) is 2.03. The Morgan fingerprint density at radius 2 is 2.11 bits per heavy atom. The van der Waals surface area contributed by atoms with Gasteiger partial charge in [-0.15, -0.1) is 0 Å². The summed E-state index contributed by atoms with van der Waals surface area (Å²) < 4.78 is 0. The maximum atomic E-state index is 12.1. The lowest BCUT2D eigenvalue weighted by atomic mass is 9.97. The molecule has 100 valence electrons. The molecule has 2 amide bonds. The molecule has 1 aliphatic rings. The number of amides is 2. The van der Waals surface area contributed by atoms with E-state index in [0.717, 1.165) is 0 Å². The predicted molar refractivity (Wildman–Crippen MR) is 64.8 cm³/mol. The summed E-state index contributed by atoms with van der Waals surface area (Å²) in [5.41, 5.74) is 0. The number of likely N-dealkylation sites (tertiary alicyclic amines) is 1. The van der Waals surface area contributed by atoms with Gasteiger partial charge in [0.1, 0.15) is 0 Å². The summed E-state index contributed by atoms with van der Waals surface area (Å²) in [6.45, 7) is 5.24. The molecule has 18 heavy (non-hydrogen) atoms. The fourth-order valence-corrected chi connectivity index (χ4v) is 2.03. The number of hydrogen-bond donors (Lipinski definition) is 1. The molecule has 0 aromatic heterocycles. The lowest BCUT2D eigenvalue weighted by molar-refractivity contribution is -0.139. The zero-order chi connectivity index (χ0) is 13.7. The lowest BCUT2D eigenvalue weighted by Crippen LogP contribution is -2.56. The standard InChI is InChI=1S/C12H19N3O3/c1-9(2)15(5-3-4-13)12(18)14-7-10(8-14)6-11(16)17/h9-10H,3,5-8H2,1-2H3,(H,16,17). The molecule has 1 heterocycles. The van der Waals surface area contributed by atoms with Gasteiger partial charge in [0.05, 0.1) is 18.9 Å². The molecule has 0 bridgehead atoms. The number of nitriles is 1. The van der Waals surface area contributed by atoms with Crippen molar-refractivity contribution in [3.63, 3.8) is 0 Å². The van der Waals surface area contributed by atoms with E-state index in [1.807, 2.05) is 19.9 Å². The Morgan fingerprint density at radius 1 is 1.50 bits per heavy atom. The number of carboxylic acid groups (broad SMARTS) is 1. The number of nitrogens with zero attached hydrogens (tertiary/aromatic N) is 3. The van der Waals surface area contributed by atoms with Crippen LogP contribution in [0.2, 0.25) is 0 Å². The van der Waals surface area contributed by atoms with E-state index in [1.54, 1.807) is 9.80 Å². The van der Waals surface area contributed by atoms with Gasteiger partial charge in [-0.25, -0.2) is 4.79 Å². The van der Waals surface area contributed by atoms with E-state index in [4.69, 9.17) is 10.4 Å². The van der Waals surface area contributed by atoms with Crippen molar-refractivity contribution in [2.45, 2.75) is 32.7 Å². The fraction of sp³-hybridized carbons (Fsp3) is 0.750. The average Bonchev–Trinajstić information content (AvgIpc) is 2.22. The molecular weight excluding hydrogens is 234 g/mol. The van der Waals surface area contributed by atoms with E-state index in [9.17, 15) is 9.59 Å². The van der Waals surface area contributed by atoms with Gasteiger partial charge in [0.15, 0.2) is 0 Å². The number of aliphatic carboxylic acids is 1. The van der Waals surface area contributed by atoms with Crippen LogP contribution in [0, 0.1) is 17.2 Å². The molecule has 0 atom stereocenters. The number of hydrogen-bond acceptors (Lipinski definition) is 3. The first-order valence-corrected chi connectivity index (χ1v) is 6.10. The molecule has 1 saturated heterocycles. The Kier molecular flexibility index (Phi) is 4.95. The minimum absolute atomic E-state index is 0.0457. The van der Waals surface area contributed by atoms with Crippen LogP contribution in [0.25, 0.3) is 0 Å². The van der Waals surface area contributed by atoms with E-state index in [2.05, 4.69) is 0 Å². The number of carboxylic acids is 1. The Bertz CT molecular complexity index is 356. The van der Waals surface area contributed by atoms with Crippen LogP contribution in [0.4, 0.5) is 4.79 Å². The van der Waals surface area contributed by atoms with Gasteiger partial charge in [-0.2, -0.15) is 5.26 Å². The summed E-state index contributed by atoms with van der Waals surface area (Å²) in [5, 5.41) is 17.2. The SMILES string of the molecule is CC(C)N(CCC#N)C(=O)N1CC(CC(=O)O)C1. The summed E-state index contributed by atoms with van der Waals surface area (Å²) in [6, 6.07) is 1.98. The van der Waals surface area contributed by atoms with E-state index >= 15 is 0 Å². The minimum atomic E-state index is -0.822. The van der Waals surface area contributed by atoms with E-state index in [1.165, 1.54) is 0 Å². The van der Waals surface area contributed by atoms with Crippen LogP contribution in [0.3, 0.4) is 0 Å². The molecule has 0 unspecified atom stereocenters. The normalized spacial score (nSPS) is 15.1. The molecule has 6 nitrogen and oxygen atoms in total. The predicted octanol–water partition coefficient (Wildman–Crippen LogP) is 1.14. The third-order valence-corrected chi connectivity index (χ3v) is 3.02. The average molecular weight is 253 g/mol. The molecule has 1 aliphatic heterocycles. The highest BCUT2D eigenvalue weighted by molar-refractivity contribution is 5.76. The molecule has 0 spiro atoms. The zero-order valence-corrected chi connectivity index (χ0v) is 10.8. The van der Waals surface area contributed by atoms with Gasteiger partial charge < -0.3 is 14.9 Å². The molecule has 0 saturated carbocycles. The van der Waals surface area contributed by atoms with E-state index < -0.39 is 5.97 Å². The van der Waals surface area contributed by atoms with Gasteiger partial charge in [0, 0.05) is 31.6 Å². The second-order valence-electron chi connectivity index (χ2n) is 4.85. The lowest BCUT2D eigenvalue weighted by Gasteiger charge is -2.42. The van der Waals surface area contributed by atoms with Crippen molar-refractivity contribution in [2.75, 3.05) is 19.6 Å². The van der Waals surface area contributed by atoms with Crippen molar-refractivity contribution in [2.24, 2.45) is 5.92 Å². The van der Waals surface area contributed by atoms with Crippen LogP contribution in [0.15, 0.2) is 0 Å². The molecule has 0 aliphatic carbocycles. The van der Waals surface area contributed by atoms with Crippen molar-refractivity contribution in [3.8, 4) is 6.07 Å². The second-order valence-corrected chi connectivity index (χ2v) is 4.85. The maximum Gasteiger partial charge on any atom is 0.320 e. The summed E-state index contributed by atoms with van der Waals surface area (Å²) >= 11 is 0. The second kappa shape index (κ2) is 6.24. The van der Waals surface area contributed by atoms with E-state index in [0.29, 0.717) is 26.1 Å². The number of rotatable bonds is 5. The van der Waals surface area contributed by atoms with Crippen molar-refractivity contribution < 1.29 is 14.7 Å². The van der Waals surface area contributed by atoms with Crippen molar-refractivity contribution in [1.29, 1.82) is 5.26 Å². The number of carbonyl (C=O) groups excluding carboxylic acids is 1. The Labute approximate surface area is 107 Å². The van der Waals surface area contributed by atoms with Crippen LogP contribution < -0.4 is 0 Å². The van der Waals surface area contributed by atoms with Crippen molar-refractivity contribution in [3.05, 3.63) is 0 Å². The van der Waals surface area contributed by atoms with Crippen molar-refractivity contribution in [1.82, 2.24) is 9.80 Å². The summed E-state index contributed by atoms with van der Waals surface area (Å²) in [4.78, 5) is 25.9. The molecule has 0 radical (unpaired) electrons. The van der Waals surface area contributed by atoms with Crippen LogP contribution in [-0.4, -0.2) is 52.6 Å². The molecule has 1 N–H and O–H groups in total. The van der Waals surface area contributed by atoms with Crippen molar-refractivity contribution >= 4 is 12.0 Å². The number of urea groups is 1. The Morgan fingerprint density at radius 3 is 2.56 bits per heavy atom. The largest absolute Gasteiger partial charge is 0.481 e. The van der Waals surface area contributed by atoms with Crippen LogP contribution in [-0.2, 0) is 4.79 Å². The quantitative estimate of drug-likeness (QED) is 0.796. The Hall–Kier alpha value is -1.77. The molecule has 0 aromatic carbocycles. The minimum Gasteiger partial charge on any atom is -0.481 e. The molecule has 0 aromatic rings. The summed E-state index contributed by atoms with van der Waals surface area (Å²) in [6.07, 6.45) is 0.431. The summed E-state index contributed by atoms with van der Waals surface area (Å²) in [5.74, 6) is -0.756. The third-order valence-electron chi connectivity index (χ3n) is 3.02. The smallest absolute Gasteiger partial charge is 0.320 e. The molecule has 6 heteroatoms. The van der Waals surface area contributed by atoms with Gasteiger partial charge >= 0.3 is 12.0 Å². The topological polar surface area (TPSA) is 84.6 Å². The van der Waals surface area contributed by atoms with E-state index in [-0.39, 0.29) is 24.4 Å². The van der Waals surface area contributed by atoms with Crippen LogP contribution in [0.5, 0.6) is 0 Å². The van der Waals surface area contributed by atoms with Gasteiger partial charge in [-0.3, -0.25) is 4.79 Å². The third kappa shape index (κ3) is 3.62. The highest BCUT2D eigenvalue weighted by Gasteiger charge is 2.34. The van der Waals surface area contributed by atoms with Crippen LogP contribution in [0.1, 0.15) is 26.7 Å². The Balaban J connectivity index is 2.44. The molecular formula is C12H19N3O3. The summed E-state index contributed by atoms with van der Waals surface area (Å²) in [7, 11) is 0. The maximum absolute atomic E-state index is 12.1. The first-order chi connectivity index (χ1) is 8.45. The highest BCUT2D eigenvalue weighted by Crippen LogP contribution is 2.21. The van der Waals surface area contributed by atoms with Gasteiger partial charge in [-0.05, 0) is 13.8 Å². The van der Waals surface area contributed by atoms with Gasteiger partial charge in [-0.1, -0.05) is 0 Å². The van der Waals surface area contributed by atoms with Crippen LogP contribution >= 0.6 is 0 Å². The van der Waals surface area contributed by atoms with Gasteiger partial charge in [0.25, 0.3) is 0 Å². The first kappa shape index (κ1) is 14.3. The first-order valence-electron chi connectivity index (χ1n) is 6.10. The number of carbonyl (C=O) groups is 2.